The van der Waals surface area contributed by atoms with E-state index >= 15 is 0 Å². The van der Waals surface area contributed by atoms with Crippen molar-refractivity contribution in [2.45, 2.75) is 64.5 Å². The summed E-state index contributed by atoms with van der Waals surface area (Å²) in [5, 5.41) is 16.8. The summed E-state index contributed by atoms with van der Waals surface area (Å²) in [6.45, 7) is 5.05. The minimum atomic E-state index is -1.01. The number of carbonyl (C=O) groups is 2. The zero-order chi connectivity index (χ0) is 21.0. The number of hydrogen-bond donors (Lipinski definition) is 1. The van der Waals surface area contributed by atoms with Gasteiger partial charge in [-0.15, -0.1) is 0 Å². The maximum Gasteiger partial charge on any atom is 0.342 e. The van der Waals surface area contributed by atoms with E-state index < -0.39 is 23.5 Å². The van der Waals surface area contributed by atoms with Gasteiger partial charge in [-0.2, -0.15) is 10.4 Å². The van der Waals surface area contributed by atoms with Crippen molar-refractivity contribution in [3.05, 3.63) is 47.3 Å². The molecule has 0 unspecified atom stereocenters. The Morgan fingerprint density at radius 3 is 2.48 bits per heavy atom. The van der Waals surface area contributed by atoms with Crippen LogP contribution in [0.5, 0.6) is 0 Å². The summed E-state index contributed by atoms with van der Waals surface area (Å²) in [4.78, 5) is 25.3. The normalized spacial score (nSPS) is 16.5. The molecule has 0 radical (unpaired) electrons. The van der Waals surface area contributed by atoms with Gasteiger partial charge in [0.05, 0.1) is 23.1 Å². The molecule has 0 bridgehead atoms. The lowest BCUT2D eigenvalue weighted by Crippen LogP contribution is -2.52. The molecule has 1 aromatic heterocycles. The molecule has 152 valence electrons. The SMILES string of the molecule is Cc1nn(-c2ccccc2)c(C)c1C(=O)O[C@@H](C)C(=O)NC1(C#N)CCCCC1. The Kier molecular flexibility index (Phi) is 6.02. The Hall–Kier alpha value is -3.14. The summed E-state index contributed by atoms with van der Waals surface area (Å²) < 4.78 is 7.11. The van der Waals surface area contributed by atoms with Crippen LogP contribution in [0.15, 0.2) is 30.3 Å². The quantitative estimate of drug-likeness (QED) is 0.784. The number of para-hydroxylation sites is 1. The molecule has 7 heteroatoms. The number of amides is 1. The van der Waals surface area contributed by atoms with Gasteiger partial charge in [-0.3, -0.25) is 4.79 Å². The molecule has 2 aromatic rings. The van der Waals surface area contributed by atoms with Gasteiger partial charge < -0.3 is 10.1 Å². The van der Waals surface area contributed by atoms with Crippen LogP contribution >= 0.6 is 0 Å². The molecule has 0 saturated heterocycles. The van der Waals surface area contributed by atoms with Gasteiger partial charge in [0.1, 0.15) is 11.1 Å². The summed E-state index contributed by atoms with van der Waals surface area (Å²) in [6.07, 6.45) is 3.11. The Morgan fingerprint density at radius 1 is 1.21 bits per heavy atom. The highest BCUT2D eigenvalue weighted by atomic mass is 16.5. The largest absolute Gasteiger partial charge is 0.449 e. The van der Waals surface area contributed by atoms with Crippen molar-refractivity contribution in [2.75, 3.05) is 0 Å². The maximum atomic E-state index is 12.8. The maximum absolute atomic E-state index is 12.8. The molecular weight excluding hydrogens is 368 g/mol. The van der Waals surface area contributed by atoms with Crippen LogP contribution in [0.25, 0.3) is 5.69 Å². The van der Waals surface area contributed by atoms with Crippen LogP contribution in [0.4, 0.5) is 0 Å². The van der Waals surface area contributed by atoms with Crippen molar-refractivity contribution < 1.29 is 14.3 Å². The Bertz CT molecular complexity index is 937. The highest BCUT2D eigenvalue weighted by Gasteiger charge is 2.35. The highest BCUT2D eigenvalue weighted by molar-refractivity contribution is 5.94. The molecule has 1 amide bonds. The second-order valence-corrected chi connectivity index (χ2v) is 7.58. The molecular formula is C22H26N4O3. The molecule has 1 aliphatic carbocycles. The number of rotatable bonds is 5. The summed E-state index contributed by atoms with van der Waals surface area (Å²) >= 11 is 0. The molecule has 1 aliphatic rings. The fraction of sp³-hybridized carbons (Fsp3) is 0.455. The topological polar surface area (TPSA) is 97.0 Å². The van der Waals surface area contributed by atoms with Crippen LogP contribution in [0.2, 0.25) is 0 Å². The van der Waals surface area contributed by atoms with Crippen molar-refractivity contribution in [3.8, 4) is 11.8 Å². The number of hydrogen-bond acceptors (Lipinski definition) is 5. The predicted octanol–water partition coefficient (Wildman–Crippen LogP) is 3.38. The number of carbonyl (C=O) groups excluding carboxylic acids is 2. The van der Waals surface area contributed by atoms with E-state index in [1.54, 1.807) is 18.5 Å². The van der Waals surface area contributed by atoms with E-state index in [4.69, 9.17) is 4.74 Å². The molecule has 1 N–H and O–H groups in total. The average molecular weight is 394 g/mol. The number of aryl methyl sites for hydroxylation is 1. The van der Waals surface area contributed by atoms with E-state index in [1.807, 2.05) is 30.3 Å². The van der Waals surface area contributed by atoms with E-state index in [0.29, 0.717) is 29.8 Å². The smallest absolute Gasteiger partial charge is 0.342 e. The van der Waals surface area contributed by atoms with Crippen molar-refractivity contribution in [2.24, 2.45) is 0 Å². The van der Waals surface area contributed by atoms with Gasteiger partial charge in [-0.1, -0.05) is 37.5 Å². The Labute approximate surface area is 170 Å². The molecule has 0 spiro atoms. The fourth-order valence-electron chi connectivity index (χ4n) is 3.79. The minimum absolute atomic E-state index is 0.348. The summed E-state index contributed by atoms with van der Waals surface area (Å²) in [7, 11) is 0. The zero-order valence-corrected chi connectivity index (χ0v) is 17.1. The van der Waals surface area contributed by atoms with Crippen molar-refractivity contribution in [1.29, 1.82) is 5.26 Å². The summed E-state index contributed by atoms with van der Waals surface area (Å²) in [6, 6.07) is 11.7. The van der Waals surface area contributed by atoms with E-state index in [2.05, 4.69) is 16.5 Å². The first kappa shape index (κ1) is 20.6. The van der Waals surface area contributed by atoms with Crippen LogP contribution in [0.1, 0.15) is 60.8 Å². The number of esters is 1. The van der Waals surface area contributed by atoms with Gasteiger partial charge in [0.2, 0.25) is 0 Å². The van der Waals surface area contributed by atoms with Crippen molar-refractivity contribution in [3.63, 3.8) is 0 Å². The molecule has 1 heterocycles. The number of nitrogens with one attached hydrogen (secondary N) is 1. The molecule has 0 aliphatic heterocycles. The van der Waals surface area contributed by atoms with Crippen LogP contribution in [-0.2, 0) is 9.53 Å². The first-order valence-electron chi connectivity index (χ1n) is 9.93. The molecule has 1 fully saturated rings. The van der Waals surface area contributed by atoms with Gasteiger partial charge in [-0.05, 0) is 45.7 Å². The van der Waals surface area contributed by atoms with Crippen LogP contribution in [-0.4, -0.2) is 33.3 Å². The van der Waals surface area contributed by atoms with Gasteiger partial charge in [0.15, 0.2) is 6.10 Å². The lowest BCUT2D eigenvalue weighted by molar-refractivity contribution is -0.130. The van der Waals surface area contributed by atoms with Gasteiger partial charge >= 0.3 is 5.97 Å². The standard InChI is InChI=1S/C22H26N4O3/c1-15-19(16(2)26(25-15)18-10-6-4-7-11-18)21(28)29-17(3)20(27)24-22(14-23)12-8-5-9-13-22/h4,6-7,10-11,17H,5,8-9,12-13H2,1-3H3,(H,24,27)/t17-/m0/s1. The summed E-state index contributed by atoms with van der Waals surface area (Å²) in [5.74, 6) is -1.05. The number of aromatic nitrogens is 2. The minimum Gasteiger partial charge on any atom is -0.449 e. The first-order chi connectivity index (χ1) is 13.9. The molecule has 29 heavy (non-hydrogen) atoms. The second kappa shape index (κ2) is 8.48. The number of benzene rings is 1. The van der Waals surface area contributed by atoms with Crippen LogP contribution in [0, 0.1) is 25.2 Å². The Balaban J connectivity index is 1.72. The predicted molar refractivity (Wildman–Crippen MR) is 107 cm³/mol. The van der Waals surface area contributed by atoms with Crippen LogP contribution in [0.3, 0.4) is 0 Å². The third-order valence-corrected chi connectivity index (χ3v) is 5.43. The molecule has 3 rings (SSSR count). The van der Waals surface area contributed by atoms with Crippen LogP contribution < -0.4 is 5.32 Å². The fourth-order valence-corrected chi connectivity index (χ4v) is 3.79. The van der Waals surface area contributed by atoms with E-state index in [0.717, 1.165) is 24.9 Å². The molecule has 1 atom stereocenters. The van der Waals surface area contributed by atoms with Crippen molar-refractivity contribution >= 4 is 11.9 Å². The van der Waals surface area contributed by atoms with Gasteiger partial charge in [0, 0.05) is 0 Å². The number of ether oxygens (including phenoxy) is 1. The van der Waals surface area contributed by atoms with Crippen molar-refractivity contribution in [1.82, 2.24) is 15.1 Å². The Morgan fingerprint density at radius 2 is 1.86 bits per heavy atom. The molecule has 1 aromatic carbocycles. The third kappa shape index (κ3) is 4.32. The van der Waals surface area contributed by atoms with E-state index in [9.17, 15) is 14.9 Å². The highest BCUT2D eigenvalue weighted by Crippen LogP contribution is 2.28. The first-order valence-corrected chi connectivity index (χ1v) is 9.93. The lowest BCUT2D eigenvalue weighted by atomic mass is 9.83. The summed E-state index contributed by atoms with van der Waals surface area (Å²) in [5.41, 5.74) is 1.50. The zero-order valence-electron chi connectivity index (χ0n) is 17.1. The van der Waals surface area contributed by atoms with E-state index in [-0.39, 0.29) is 0 Å². The second-order valence-electron chi connectivity index (χ2n) is 7.58. The van der Waals surface area contributed by atoms with E-state index in [1.165, 1.54) is 6.92 Å². The number of nitriles is 1. The monoisotopic (exact) mass is 394 g/mol. The lowest BCUT2D eigenvalue weighted by Gasteiger charge is -2.32. The molecule has 1 saturated carbocycles. The number of nitrogens with zero attached hydrogens (tertiary/aromatic N) is 3. The molecule has 7 nitrogen and oxygen atoms in total. The van der Waals surface area contributed by atoms with Gasteiger partial charge in [0.25, 0.3) is 5.91 Å². The third-order valence-electron chi connectivity index (χ3n) is 5.43. The van der Waals surface area contributed by atoms with Gasteiger partial charge in [-0.25, -0.2) is 9.48 Å². The average Bonchev–Trinajstić information content (AvgIpc) is 3.03.